The predicted octanol–water partition coefficient (Wildman–Crippen LogP) is 1.36. The van der Waals surface area contributed by atoms with E-state index in [-0.39, 0.29) is 12.5 Å². The van der Waals surface area contributed by atoms with Gasteiger partial charge in [-0.15, -0.1) is 11.3 Å². The summed E-state index contributed by atoms with van der Waals surface area (Å²) in [6.07, 6.45) is 2.52. The molecule has 0 aliphatic heterocycles. The third-order valence-corrected chi connectivity index (χ3v) is 3.86. The molecule has 0 fully saturated rings. The van der Waals surface area contributed by atoms with Gasteiger partial charge < -0.3 is 20.4 Å². The van der Waals surface area contributed by atoms with Gasteiger partial charge in [0.2, 0.25) is 5.91 Å². The lowest BCUT2D eigenvalue weighted by atomic mass is 10.3. The van der Waals surface area contributed by atoms with Crippen molar-refractivity contribution in [2.75, 3.05) is 20.1 Å². The molecule has 2 rings (SSSR count). The molecule has 0 saturated heterocycles. The first-order valence-electron chi connectivity index (χ1n) is 7.04. The number of furan rings is 1. The van der Waals surface area contributed by atoms with Crippen LogP contribution < -0.4 is 16.0 Å². The van der Waals surface area contributed by atoms with Crippen LogP contribution >= 0.6 is 11.3 Å². The molecular formula is C15H20N4O2S. The summed E-state index contributed by atoms with van der Waals surface area (Å²) in [6.45, 7) is 1.32. The second-order valence-corrected chi connectivity index (χ2v) is 5.57. The van der Waals surface area contributed by atoms with Crippen molar-refractivity contribution >= 4 is 23.2 Å². The van der Waals surface area contributed by atoms with Gasteiger partial charge in [0.05, 0.1) is 19.4 Å². The van der Waals surface area contributed by atoms with Crippen molar-refractivity contribution in [3.63, 3.8) is 0 Å². The summed E-state index contributed by atoms with van der Waals surface area (Å²) in [7, 11) is 1.68. The van der Waals surface area contributed by atoms with Gasteiger partial charge in [-0.1, -0.05) is 6.07 Å². The first kappa shape index (κ1) is 16.1. The van der Waals surface area contributed by atoms with E-state index >= 15 is 0 Å². The fourth-order valence-corrected chi connectivity index (χ4v) is 2.51. The van der Waals surface area contributed by atoms with Gasteiger partial charge in [0.1, 0.15) is 5.76 Å². The van der Waals surface area contributed by atoms with Crippen molar-refractivity contribution in [1.29, 1.82) is 0 Å². The fourth-order valence-electron chi connectivity index (χ4n) is 1.80. The molecule has 0 aliphatic rings. The van der Waals surface area contributed by atoms with Crippen molar-refractivity contribution in [3.05, 3.63) is 46.5 Å². The molecule has 6 nitrogen and oxygen atoms in total. The predicted molar refractivity (Wildman–Crippen MR) is 87.9 cm³/mol. The van der Waals surface area contributed by atoms with Crippen molar-refractivity contribution in [1.82, 2.24) is 16.0 Å². The summed E-state index contributed by atoms with van der Waals surface area (Å²) < 4.78 is 5.15. The largest absolute Gasteiger partial charge is 0.467 e. The standard InChI is InChI=1S/C15H20N4O2S/c1-16-15(17-7-6-13-5-3-9-22-13)19-11-14(20)18-10-12-4-2-8-21-12/h2-5,8-9H,6-7,10-11H2,1H3,(H,18,20)(H2,16,17,19). The number of thiophene rings is 1. The van der Waals surface area contributed by atoms with Crippen LogP contribution in [0, 0.1) is 0 Å². The topological polar surface area (TPSA) is 78.7 Å². The van der Waals surface area contributed by atoms with E-state index in [0.29, 0.717) is 12.5 Å². The van der Waals surface area contributed by atoms with Crippen LogP contribution in [0.5, 0.6) is 0 Å². The number of amides is 1. The SMILES string of the molecule is CN=C(NCCc1cccs1)NCC(=O)NCc1ccco1. The Balaban J connectivity index is 1.61. The molecule has 3 N–H and O–H groups in total. The van der Waals surface area contributed by atoms with Gasteiger partial charge in [-0.25, -0.2) is 0 Å². The van der Waals surface area contributed by atoms with Gasteiger partial charge in [-0.05, 0) is 30.0 Å². The summed E-state index contributed by atoms with van der Waals surface area (Å²) in [6, 6.07) is 7.75. The average molecular weight is 320 g/mol. The lowest BCUT2D eigenvalue weighted by molar-refractivity contribution is -0.120. The molecule has 2 aromatic rings. The van der Waals surface area contributed by atoms with Gasteiger partial charge in [-0.2, -0.15) is 0 Å². The van der Waals surface area contributed by atoms with Gasteiger partial charge >= 0.3 is 0 Å². The van der Waals surface area contributed by atoms with Gasteiger partial charge in [0.15, 0.2) is 5.96 Å². The number of aliphatic imine (C=N–C) groups is 1. The van der Waals surface area contributed by atoms with E-state index in [1.165, 1.54) is 4.88 Å². The first-order valence-corrected chi connectivity index (χ1v) is 7.92. The highest BCUT2D eigenvalue weighted by Crippen LogP contribution is 2.07. The van der Waals surface area contributed by atoms with Gasteiger partial charge in [-0.3, -0.25) is 9.79 Å². The highest BCUT2D eigenvalue weighted by Gasteiger charge is 2.04. The Hall–Kier alpha value is -2.28. The molecule has 7 heteroatoms. The van der Waals surface area contributed by atoms with Crippen molar-refractivity contribution in [3.8, 4) is 0 Å². The van der Waals surface area contributed by atoms with Crippen LogP contribution in [0.15, 0.2) is 45.3 Å². The van der Waals surface area contributed by atoms with E-state index in [1.807, 2.05) is 12.1 Å². The molecule has 0 spiro atoms. The Morgan fingerprint density at radius 1 is 1.27 bits per heavy atom. The molecule has 0 atom stereocenters. The summed E-state index contributed by atoms with van der Waals surface area (Å²) in [4.78, 5) is 17.1. The molecule has 1 amide bonds. The quantitative estimate of drug-likeness (QED) is 0.532. The maximum atomic E-state index is 11.7. The highest BCUT2D eigenvalue weighted by atomic mass is 32.1. The lowest BCUT2D eigenvalue weighted by Gasteiger charge is -2.11. The number of hydrogen-bond acceptors (Lipinski definition) is 4. The number of nitrogens with one attached hydrogen (secondary N) is 3. The molecule has 0 aromatic carbocycles. The summed E-state index contributed by atoms with van der Waals surface area (Å²) in [5.74, 6) is 1.23. The Labute approximate surface area is 133 Å². The molecule has 0 unspecified atom stereocenters. The van der Waals surface area contributed by atoms with E-state index in [0.717, 1.165) is 18.7 Å². The number of rotatable bonds is 7. The van der Waals surface area contributed by atoms with Crippen LogP contribution in [0.2, 0.25) is 0 Å². The fraction of sp³-hybridized carbons (Fsp3) is 0.333. The molecular weight excluding hydrogens is 300 g/mol. The number of guanidine groups is 1. The third-order valence-electron chi connectivity index (χ3n) is 2.92. The second kappa shape index (κ2) is 8.89. The number of carbonyl (C=O) groups is 1. The molecule has 0 aliphatic carbocycles. The highest BCUT2D eigenvalue weighted by molar-refractivity contribution is 7.09. The molecule has 0 radical (unpaired) electrons. The Morgan fingerprint density at radius 3 is 2.86 bits per heavy atom. The summed E-state index contributed by atoms with van der Waals surface area (Å²) in [5.41, 5.74) is 0. The van der Waals surface area contributed by atoms with Crippen LogP contribution in [0.4, 0.5) is 0 Å². The van der Waals surface area contributed by atoms with Crippen LogP contribution in [0.3, 0.4) is 0 Å². The molecule has 22 heavy (non-hydrogen) atoms. The first-order chi connectivity index (χ1) is 10.8. The van der Waals surface area contributed by atoms with Crippen LogP contribution in [-0.4, -0.2) is 32.0 Å². The smallest absolute Gasteiger partial charge is 0.239 e. The van der Waals surface area contributed by atoms with Gasteiger partial charge in [0.25, 0.3) is 0 Å². The Morgan fingerprint density at radius 2 is 2.18 bits per heavy atom. The Bertz CT molecular complexity index is 579. The molecule has 118 valence electrons. The third kappa shape index (κ3) is 5.61. The summed E-state index contributed by atoms with van der Waals surface area (Å²) in [5, 5.41) is 11.0. The van der Waals surface area contributed by atoms with Crippen molar-refractivity contribution < 1.29 is 9.21 Å². The molecule has 0 saturated carbocycles. The lowest BCUT2D eigenvalue weighted by Crippen LogP contribution is -2.43. The van der Waals surface area contributed by atoms with Crippen molar-refractivity contribution in [2.45, 2.75) is 13.0 Å². The summed E-state index contributed by atoms with van der Waals surface area (Å²) >= 11 is 1.73. The van der Waals surface area contributed by atoms with Crippen LogP contribution in [0.25, 0.3) is 0 Å². The van der Waals surface area contributed by atoms with Crippen molar-refractivity contribution in [2.24, 2.45) is 4.99 Å². The Kier molecular flexibility index (Phi) is 6.50. The minimum atomic E-state index is -0.113. The number of nitrogens with zero attached hydrogens (tertiary/aromatic N) is 1. The molecule has 2 aromatic heterocycles. The average Bonchev–Trinajstić information content (AvgIpc) is 3.21. The monoisotopic (exact) mass is 320 g/mol. The molecule has 2 heterocycles. The second-order valence-electron chi connectivity index (χ2n) is 4.54. The van der Waals surface area contributed by atoms with E-state index in [9.17, 15) is 4.79 Å². The maximum Gasteiger partial charge on any atom is 0.239 e. The molecule has 0 bridgehead atoms. The van der Waals surface area contributed by atoms with E-state index < -0.39 is 0 Å². The zero-order valence-electron chi connectivity index (χ0n) is 12.5. The normalized spacial score (nSPS) is 11.2. The zero-order chi connectivity index (χ0) is 15.6. The van der Waals surface area contributed by atoms with Gasteiger partial charge in [0, 0.05) is 18.5 Å². The van der Waals surface area contributed by atoms with E-state index in [4.69, 9.17) is 4.42 Å². The number of hydrogen-bond donors (Lipinski definition) is 3. The minimum Gasteiger partial charge on any atom is -0.467 e. The van der Waals surface area contributed by atoms with E-state index in [1.54, 1.807) is 30.7 Å². The number of carbonyl (C=O) groups excluding carboxylic acids is 1. The van der Waals surface area contributed by atoms with Crippen LogP contribution in [0.1, 0.15) is 10.6 Å². The maximum absolute atomic E-state index is 11.7. The minimum absolute atomic E-state index is 0.113. The van der Waals surface area contributed by atoms with E-state index in [2.05, 4.69) is 32.4 Å². The zero-order valence-corrected chi connectivity index (χ0v) is 13.3. The van der Waals surface area contributed by atoms with Crippen LogP contribution in [-0.2, 0) is 17.8 Å².